The highest BCUT2D eigenvalue weighted by molar-refractivity contribution is 5.82. The Kier molecular flexibility index (Phi) is 1.15. The maximum atomic E-state index is 10.7. The highest BCUT2D eigenvalue weighted by Crippen LogP contribution is 2.24. The topological polar surface area (TPSA) is 92.2 Å². The van der Waals surface area contributed by atoms with Gasteiger partial charge in [-0.05, 0) is 6.07 Å². The van der Waals surface area contributed by atoms with Gasteiger partial charge in [0.2, 0.25) is 0 Å². The average molecular weight is 166 g/mol. The largest absolute Gasteiger partial charge is 0.504 e. The number of anilines is 1. The molecule has 0 aliphatic rings. The van der Waals surface area contributed by atoms with Crippen LogP contribution in [-0.4, -0.2) is 10.1 Å². The first kappa shape index (κ1) is 6.78. The van der Waals surface area contributed by atoms with Crippen LogP contribution in [0.3, 0.4) is 0 Å². The van der Waals surface area contributed by atoms with E-state index < -0.39 is 5.76 Å². The van der Waals surface area contributed by atoms with E-state index >= 15 is 0 Å². The van der Waals surface area contributed by atoms with Crippen molar-refractivity contribution >= 4 is 16.8 Å². The zero-order valence-electron chi connectivity index (χ0n) is 6.00. The van der Waals surface area contributed by atoms with Crippen molar-refractivity contribution in [2.24, 2.45) is 0 Å². The first-order valence-electron chi connectivity index (χ1n) is 3.28. The maximum absolute atomic E-state index is 10.7. The van der Waals surface area contributed by atoms with Crippen LogP contribution in [0.25, 0.3) is 11.1 Å². The number of aromatic amines is 1. The lowest BCUT2D eigenvalue weighted by Gasteiger charge is -1.94. The molecule has 0 spiro atoms. The Morgan fingerprint density at radius 3 is 3.00 bits per heavy atom. The second kappa shape index (κ2) is 2.04. The fraction of sp³-hybridized carbons (Fsp3) is 0. The Balaban J connectivity index is 2.97. The molecule has 0 radical (unpaired) electrons. The van der Waals surface area contributed by atoms with Crippen molar-refractivity contribution in [3.8, 4) is 5.75 Å². The summed E-state index contributed by atoms with van der Waals surface area (Å²) in [7, 11) is 0. The summed E-state index contributed by atoms with van der Waals surface area (Å²) in [5.74, 6) is -0.741. The Bertz CT molecular complexity index is 483. The maximum Gasteiger partial charge on any atom is 0.417 e. The quantitative estimate of drug-likeness (QED) is 0.494. The van der Waals surface area contributed by atoms with Crippen LogP contribution in [-0.2, 0) is 0 Å². The fourth-order valence-electron chi connectivity index (χ4n) is 1.06. The van der Waals surface area contributed by atoms with Crippen LogP contribution >= 0.6 is 0 Å². The summed E-state index contributed by atoms with van der Waals surface area (Å²) in [6.07, 6.45) is 0. The van der Waals surface area contributed by atoms with E-state index in [1.165, 1.54) is 12.1 Å². The van der Waals surface area contributed by atoms with E-state index in [0.29, 0.717) is 11.2 Å². The number of nitrogens with one attached hydrogen (secondary N) is 1. The van der Waals surface area contributed by atoms with E-state index in [-0.39, 0.29) is 11.3 Å². The van der Waals surface area contributed by atoms with Gasteiger partial charge < -0.3 is 15.3 Å². The van der Waals surface area contributed by atoms with Gasteiger partial charge in [-0.1, -0.05) is 0 Å². The van der Waals surface area contributed by atoms with Crippen LogP contribution in [0.15, 0.2) is 21.3 Å². The van der Waals surface area contributed by atoms with Gasteiger partial charge in [-0.2, -0.15) is 0 Å². The number of benzene rings is 1. The zero-order valence-corrected chi connectivity index (χ0v) is 6.00. The zero-order chi connectivity index (χ0) is 8.72. The van der Waals surface area contributed by atoms with E-state index in [1.807, 2.05) is 0 Å². The van der Waals surface area contributed by atoms with E-state index in [1.54, 1.807) is 0 Å². The van der Waals surface area contributed by atoms with Crippen molar-refractivity contribution in [2.75, 3.05) is 5.73 Å². The van der Waals surface area contributed by atoms with Gasteiger partial charge in [0.05, 0.1) is 5.52 Å². The molecule has 0 aliphatic carbocycles. The molecule has 0 bridgehead atoms. The van der Waals surface area contributed by atoms with Crippen molar-refractivity contribution in [3.05, 3.63) is 22.7 Å². The van der Waals surface area contributed by atoms with Crippen LogP contribution < -0.4 is 11.5 Å². The van der Waals surface area contributed by atoms with Crippen LogP contribution in [0.1, 0.15) is 0 Å². The smallest absolute Gasteiger partial charge is 0.417 e. The summed E-state index contributed by atoms with van der Waals surface area (Å²) in [6, 6.07) is 2.83. The number of H-pyrrole nitrogens is 1. The first-order chi connectivity index (χ1) is 5.66. The average Bonchev–Trinajstić information content (AvgIpc) is 2.29. The highest BCUT2D eigenvalue weighted by atomic mass is 16.4. The van der Waals surface area contributed by atoms with Crippen LogP contribution in [0, 0.1) is 0 Å². The second-order valence-electron chi connectivity index (χ2n) is 2.43. The third-order valence-electron chi connectivity index (χ3n) is 1.52. The predicted octanol–water partition coefficient (Wildman–Crippen LogP) is 0.409. The van der Waals surface area contributed by atoms with Gasteiger partial charge in [0.1, 0.15) is 0 Å². The Morgan fingerprint density at radius 1 is 1.50 bits per heavy atom. The number of aromatic nitrogens is 1. The molecule has 1 aromatic carbocycles. The lowest BCUT2D eigenvalue weighted by atomic mass is 10.3. The molecule has 2 aromatic rings. The monoisotopic (exact) mass is 166 g/mol. The highest BCUT2D eigenvalue weighted by Gasteiger charge is 2.06. The molecule has 0 saturated heterocycles. The Labute approximate surface area is 66.4 Å². The number of rotatable bonds is 0. The summed E-state index contributed by atoms with van der Waals surface area (Å²) in [6.45, 7) is 0. The lowest BCUT2D eigenvalue weighted by molar-refractivity contribution is 0.459. The van der Waals surface area contributed by atoms with Crippen molar-refractivity contribution in [3.63, 3.8) is 0 Å². The number of fused-ring (bicyclic) bond motifs is 1. The van der Waals surface area contributed by atoms with Gasteiger partial charge in [-0.3, -0.25) is 4.98 Å². The molecule has 1 heterocycles. The van der Waals surface area contributed by atoms with Crippen molar-refractivity contribution in [2.45, 2.75) is 0 Å². The third kappa shape index (κ3) is 0.833. The van der Waals surface area contributed by atoms with E-state index in [2.05, 4.69) is 9.40 Å². The number of nitrogen functional groups attached to an aromatic ring is 1. The van der Waals surface area contributed by atoms with Gasteiger partial charge in [-0.25, -0.2) is 4.79 Å². The molecule has 0 unspecified atom stereocenters. The fourth-order valence-corrected chi connectivity index (χ4v) is 1.06. The van der Waals surface area contributed by atoms with Gasteiger partial charge in [0.15, 0.2) is 11.3 Å². The number of aromatic hydroxyl groups is 1. The molecule has 62 valence electrons. The van der Waals surface area contributed by atoms with E-state index in [9.17, 15) is 9.90 Å². The predicted molar refractivity (Wildman–Crippen MR) is 42.9 cm³/mol. The van der Waals surface area contributed by atoms with Gasteiger partial charge >= 0.3 is 5.76 Å². The summed E-state index contributed by atoms with van der Waals surface area (Å²) < 4.78 is 4.64. The van der Waals surface area contributed by atoms with E-state index in [4.69, 9.17) is 5.73 Å². The molecule has 5 nitrogen and oxygen atoms in total. The standard InChI is InChI=1S/C7H6N2O3/c8-3-1-4-6(5(10)2-3)12-7(11)9-4/h1-2,10H,8H2,(H,9,11). The SMILES string of the molecule is Nc1cc(O)c2oc(=O)[nH]c2c1. The number of hydrogen-bond acceptors (Lipinski definition) is 4. The number of oxazole rings is 1. The number of hydrogen-bond donors (Lipinski definition) is 3. The number of phenols is 1. The van der Waals surface area contributed by atoms with Crippen molar-refractivity contribution in [1.29, 1.82) is 0 Å². The van der Waals surface area contributed by atoms with Gasteiger partial charge in [-0.15, -0.1) is 0 Å². The van der Waals surface area contributed by atoms with Crippen molar-refractivity contribution < 1.29 is 9.52 Å². The minimum Gasteiger partial charge on any atom is -0.504 e. The van der Waals surface area contributed by atoms with Gasteiger partial charge in [0.25, 0.3) is 0 Å². The summed E-state index contributed by atoms with van der Waals surface area (Å²) >= 11 is 0. The molecule has 2 rings (SSSR count). The summed E-state index contributed by atoms with van der Waals surface area (Å²) in [5, 5.41) is 9.23. The molecule has 0 aliphatic heterocycles. The molecule has 1 aromatic heterocycles. The number of nitrogens with two attached hydrogens (primary N) is 1. The number of phenolic OH excluding ortho intramolecular Hbond substituents is 1. The summed E-state index contributed by atoms with van der Waals surface area (Å²) in [5.41, 5.74) is 6.32. The van der Waals surface area contributed by atoms with Crippen molar-refractivity contribution in [1.82, 2.24) is 4.98 Å². The molecule has 4 N–H and O–H groups in total. The summed E-state index contributed by atoms with van der Waals surface area (Å²) in [4.78, 5) is 13.1. The van der Waals surface area contributed by atoms with Crippen LogP contribution in [0.4, 0.5) is 5.69 Å². The molecular formula is C7H6N2O3. The Morgan fingerprint density at radius 2 is 2.25 bits per heavy atom. The molecule has 0 amide bonds. The molecule has 0 saturated carbocycles. The third-order valence-corrected chi connectivity index (χ3v) is 1.52. The Hall–Kier alpha value is -1.91. The molecule has 5 heteroatoms. The molecule has 12 heavy (non-hydrogen) atoms. The molecular weight excluding hydrogens is 160 g/mol. The molecule has 0 atom stereocenters. The molecule has 0 fully saturated rings. The van der Waals surface area contributed by atoms with Crippen LogP contribution in [0.5, 0.6) is 5.75 Å². The van der Waals surface area contributed by atoms with Crippen LogP contribution in [0.2, 0.25) is 0 Å². The lowest BCUT2D eigenvalue weighted by Crippen LogP contribution is -1.93. The minimum absolute atomic E-state index is 0.134. The normalized spacial score (nSPS) is 10.7. The second-order valence-corrected chi connectivity index (χ2v) is 2.43. The first-order valence-corrected chi connectivity index (χ1v) is 3.28. The van der Waals surface area contributed by atoms with E-state index in [0.717, 1.165) is 0 Å². The van der Waals surface area contributed by atoms with Gasteiger partial charge in [0, 0.05) is 11.8 Å². The minimum atomic E-state index is -0.606.